The summed E-state index contributed by atoms with van der Waals surface area (Å²) in [6.45, 7) is 0.646. The van der Waals surface area contributed by atoms with E-state index in [4.69, 9.17) is 24.0 Å². The summed E-state index contributed by atoms with van der Waals surface area (Å²) in [6.07, 6.45) is -0.895. The van der Waals surface area contributed by atoms with Crippen LogP contribution < -0.4 is 10.6 Å². The topological polar surface area (TPSA) is 141 Å². The molecule has 1 aromatic heterocycles. The van der Waals surface area contributed by atoms with Crippen LogP contribution >= 0.6 is 34.9 Å². The molecule has 6 aromatic rings. The van der Waals surface area contributed by atoms with Crippen LogP contribution in [0.1, 0.15) is 39.6 Å². The molecule has 324 valence electrons. The van der Waals surface area contributed by atoms with Gasteiger partial charge in [-0.15, -0.1) is 34.9 Å². The molecule has 0 bridgehead atoms. The van der Waals surface area contributed by atoms with E-state index in [0.29, 0.717) is 28.1 Å². The highest BCUT2D eigenvalue weighted by atomic mass is 32.2. The Morgan fingerprint density at radius 1 is 0.859 bits per heavy atom. The van der Waals surface area contributed by atoms with E-state index in [1.165, 1.54) is 46.9 Å². The number of carbonyl (C=O) groups excluding carboxylic acids is 3. The van der Waals surface area contributed by atoms with E-state index in [2.05, 4.69) is 52.2 Å². The number of nitrogens with zero attached hydrogens (tertiary/aromatic N) is 3. The van der Waals surface area contributed by atoms with Crippen molar-refractivity contribution >= 4 is 63.5 Å². The molecule has 2 amide bonds. The normalized spacial score (nSPS) is 18.6. The number of aromatic nitrogens is 1. The van der Waals surface area contributed by atoms with Crippen molar-refractivity contribution in [3.63, 3.8) is 0 Å². The lowest BCUT2D eigenvalue weighted by atomic mass is 9.77. The lowest BCUT2D eigenvalue weighted by molar-refractivity contribution is -0.154. The van der Waals surface area contributed by atoms with Gasteiger partial charge in [-0.05, 0) is 27.8 Å². The second kappa shape index (κ2) is 19.7. The molecule has 2 fully saturated rings. The number of thiazole rings is 1. The van der Waals surface area contributed by atoms with Crippen LogP contribution in [-0.4, -0.2) is 82.9 Å². The number of hydrogen-bond donors (Lipinski definition) is 2. The SMILES string of the molecule is CO/N=C(\C(=O)NC1C(=O)N2C(C(=O)OC(c3ccccc3)c3ccccc3)=C(SCC3COCO3)CSC12)c1csc(NC(c2ccccc2)(c2ccccc2)c2ccccc2)n1. The predicted molar refractivity (Wildman–Crippen MR) is 250 cm³/mol. The van der Waals surface area contributed by atoms with Crippen LogP contribution in [0.5, 0.6) is 0 Å². The monoisotopic (exact) mass is 909 g/mol. The van der Waals surface area contributed by atoms with Gasteiger partial charge in [-0.3, -0.25) is 14.5 Å². The molecule has 3 atom stereocenters. The van der Waals surface area contributed by atoms with Gasteiger partial charge in [0.1, 0.15) is 42.2 Å². The number of oxime groups is 1. The van der Waals surface area contributed by atoms with Crippen LogP contribution in [0.4, 0.5) is 5.13 Å². The van der Waals surface area contributed by atoms with Crippen LogP contribution in [0.15, 0.2) is 173 Å². The number of esters is 1. The summed E-state index contributed by atoms with van der Waals surface area (Å²) in [5.74, 6) is -0.837. The summed E-state index contributed by atoms with van der Waals surface area (Å²) < 4.78 is 17.4. The first-order valence-corrected chi connectivity index (χ1v) is 23.5. The molecule has 3 unspecified atom stereocenters. The van der Waals surface area contributed by atoms with E-state index in [0.717, 1.165) is 27.8 Å². The van der Waals surface area contributed by atoms with Gasteiger partial charge in [0.15, 0.2) is 16.9 Å². The maximum absolute atomic E-state index is 14.5. The molecule has 3 aliphatic rings. The van der Waals surface area contributed by atoms with Crippen molar-refractivity contribution in [1.82, 2.24) is 15.2 Å². The highest BCUT2D eigenvalue weighted by Crippen LogP contribution is 2.45. The van der Waals surface area contributed by atoms with Gasteiger partial charge < -0.3 is 29.7 Å². The Morgan fingerprint density at radius 3 is 1.95 bits per heavy atom. The van der Waals surface area contributed by atoms with E-state index < -0.39 is 40.8 Å². The van der Waals surface area contributed by atoms with Gasteiger partial charge in [0, 0.05) is 21.8 Å². The van der Waals surface area contributed by atoms with Gasteiger partial charge in [-0.2, -0.15) is 0 Å². The Kier molecular flexibility index (Phi) is 13.2. The molecule has 0 spiro atoms. The van der Waals surface area contributed by atoms with Crippen LogP contribution in [0.2, 0.25) is 0 Å². The number of nitrogens with one attached hydrogen (secondary N) is 2. The zero-order valence-corrected chi connectivity index (χ0v) is 37.0. The van der Waals surface area contributed by atoms with E-state index in [1.54, 1.807) is 5.38 Å². The average Bonchev–Trinajstić information content (AvgIpc) is 4.06. The molecule has 12 nitrogen and oxygen atoms in total. The standard InChI is InChI=1S/C49H43N5O7S3/c1-58-53-40(38-29-64-48(50-38)52-49(34-21-11-4-12-22-34,35-23-13-5-14-24-35)36-25-15-6-16-26-36)44(55)51-41-45(56)54-42(39(30-63-46(41)54)62-28-37-27-59-31-60-37)47(57)61-43(32-17-7-2-8-18-32)33-19-9-3-10-20-33/h2-26,29,37,41,43,46H,27-28,30-31H2,1H3,(H,50,52)(H,51,55)/b53-40-. The maximum Gasteiger partial charge on any atom is 0.356 e. The minimum absolute atomic E-state index is 0.109. The molecule has 3 aliphatic heterocycles. The molecular formula is C49H43N5O7S3. The van der Waals surface area contributed by atoms with E-state index >= 15 is 0 Å². The summed E-state index contributed by atoms with van der Waals surface area (Å²) in [7, 11) is 1.35. The second-order valence-electron chi connectivity index (χ2n) is 15.0. The minimum Gasteiger partial charge on any atom is -0.448 e. The molecule has 2 saturated heterocycles. The smallest absolute Gasteiger partial charge is 0.356 e. The van der Waals surface area contributed by atoms with Crippen molar-refractivity contribution in [1.29, 1.82) is 0 Å². The summed E-state index contributed by atoms with van der Waals surface area (Å²) in [5.41, 5.74) is 3.97. The molecule has 0 radical (unpaired) electrons. The van der Waals surface area contributed by atoms with Crippen molar-refractivity contribution in [2.75, 3.05) is 37.3 Å². The van der Waals surface area contributed by atoms with Crippen molar-refractivity contribution in [3.05, 3.63) is 201 Å². The number of ether oxygens (including phenoxy) is 3. The van der Waals surface area contributed by atoms with Gasteiger partial charge in [-0.25, -0.2) is 9.78 Å². The predicted octanol–water partition coefficient (Wildman–Crippen LogP) is 7.95. The fraction of sp³-hybridized carbons (Fsp3) is 0.204. The Labute approximate surface area is 383 Å². The van der Waals surface area contributed by atoms with Gasteiger partial charge in [-0.1, -0.05) is 157 Å². The molecule has 15 heteroatoms. The van der Waals surface area contributed by atoms with Crippen molar-refractivity contribution < 1.29 is 33.4 Å². The third-order valence-electron chi connectivity index (χ3n) is 11.0. The number of thioether (sulfide) groups is 2. The maximum atomic E-state index is 14.5. The van der Waals surface area contributed by atoms with Crippen LogP contribution in [-0.2, 0) is 39.0 Å². The minimum atomic E-state index is -0.974. The van der Waals surface area contributed by atoms with Gasteiger partial charge in [0.25, 0.3) is 11.8 Å². The fourth-order valence-corrected chi connectivity index (χ4v) is 11.4. The van der Waals surface area contributed by atoms with Crippen LogP contribution in [0, 0.1) is 0 Å². The van der Waals surface area contributed by atoms with E-state index in [9.17, 15) is 14.4 Å². The zero-order chi connectivity index (χ0) is 43.9. The number of β-lactam (4-membered cyclic amide) rings is 1. The molecular weight excluding hydrogens is 867 g/mol. The fourth-order valence-electron chi connectivity index (χ4n) is 7.99. The first kappa shape index (κ1) is 43.0. The molecule has 2 N–H and O–H groups in total. The quantitative estimate of drug-likeness (QED) is 0.0322. The van der Waals surface area contributed by atoms with Crippen molar-refractivity contribution in [2.24, 2.45) is 5.16 Å². The largest absolute Gasteiger partial charge is 0.448 e. The summed E-state index contributed by atoms with van der Waals surface area (Å²) in [4.78, 5) is 55.2. The van der Waals surface area contributed by atoms with Gasteiger partial charge in [0.2, 0.25) is 0 Å². The Hall–Kier alpha value is -6.23. The number of benzene rings is 5. The molecule has 0 saturated carbocycles. The van der Waals surface area contributed by atoms with Crippen molar-refractivity contribution in [3.8, 4) is 0 Å². The Bertz CT molecular complexity index is 2490. The zero-order valence-electron chi connectivity index (χ0n) is 34.6. The summed E-state index contributed by atoms with van der Waals surface area (Å²) >= 11 is 4.21. The molecule has 4 heterocycles. The third kappa shape index (κ3) is 8.81. The first-order valence-electron chi connectivity index (χ1n) is 20.6. The second-order valence-corrected chi connectivity index (χ2v) is 18.0. The van der Waals surface area contributed by atoms with Crippen LogP contribution in [0.3, 0.4) is 0 Å². The highest BCUT2D eigenvalue weighted by molar-refractivity contribution is 8.06. The number of hydrogen-bond acceptors (Lipinski definition) is 13. The lowest BCUT2D eigenvalue weighted by Gasteiger charge is -2.49. The highest BCUT2D eigenvalue weighted by Gasteiger charge is 2.55. The summed E-state index contributed by atoms with van der Waals surface area (Å²) in [6, 6.07) is 48.3. The van der Waals surface area contributed by atoms with Gasteiger partial charge in [0.05, 0.1) is 12.7 Å². The van der Waals surface area contributed by atoms with E-state index in [-0.39, 0.29) is 30.0 Å². The third-order valence-corrected chi connectivity index (χ3v) is 14.5. The molecule has 64 heavy (non-hydrogen) atoms. The molecule has 5 aromatic carbocycles. The first-order chi connectivity index (χ1) is 31.4. The van der Waals surface area contributed by atoms with E-state index in [1.807, 2.05) is 115 Å². The Balaban J connectivity index is 0.973. The number of rotatable bonds is 16. The Morgan fingerprint density at radius 2 is 1.42 bits per heavy atom. The number of amides is 2. The molecule has 9 rings (SSSR count). The van der Waals surface area contributed by atoms with Crippen molar-refractivity contribution in [2.45, 2.75) is 29.2 Å². The number of fused-ring (bicyclic) bond motifs is 1. The lowest BCUT2D eigenvalue weighted by Crippen LogP contribution is -2.71. The summed E-state index contributed by atoms with van der Waals surface area (Å²) in [5, 5.41) is 12.4. The number of anilines is 1. The number of carbonyl (C=O) groups is 3. The average molecular weight is 910 g/mol. The van der Waals surface area contributed by atoms with Crippen LogP contribution in [0.25, 0.3) is 0 Å². The molecule has 0 aliphatic carbocycles. The van der Waals surface area contributed by atoms with Gasteiger partial charge >= 0.3 is 5.97 Å².